The topological polar surface area (TPSA) is 108 Å². The number of amides is 3. The number of hydrogen-bond donors (Lipinski definition) is 3. The fraction of sp³-hybridized carbons (Fsp3) is 0.516. The molecule has 8 heteroatoms. The summed E-state index contributed by atoms with van der Waals surface area (Å²) in [6, 6.07) is 12.2. The third-order valence-electron chi connectivity index (χ3n) is 6.39. The molecule has 2 aromatic carbocycles. The van der Waals surface area contributed by atoms with Crippen molar-refractivity contribution in [3.05, 3.63) is 65.2 Å². The van der Waals surface area contributed by atoms with Crippen LogP contribution in [0.1, 0.15) is 77.1 Å². The summed E-state index contributed by atoms with van der Waals surface area (Å²) in [5, 5.41) is 15.7. The fourth-order valence-corrected chi connectivity index (χ4v) is 4.23. The number of nitrogens with one attached hydrogen (secondary N) is 2. The van der Waals surface area contributed by atoms with Crippen molar-refractivity contribution in [2.24, 2.45) is 5.92 Å². The van der Waals surface area contributed by atoms with Gasteiger partial charge in [-0.25, -0.2) is 4.79 Å². The average Bonchev–Trinajstić information content (AvgIpc) is 2.85. The maximum Gasteiger partial charge on any atom is 0.408 e. The van der Waals surface area contributed by atoms with Crippen LogP contribution >= 0.6 is 0 Å². The monoisotopic (exact) mass is 539 g/mol. The van der Waals surface area contributed by atoms with Crippen molar-refractivity contribution in [2.45, 2.75) is 92.0 Å². The molecule has 3 amide bonds. The van der Waals surface area contributed by atoms with Crippen LogP contribution in [-0.2, 0) is 14.3 Å². The Balaban J connectivity index is 2.56. The third kappa shape index (κ3) is 9.70. The van der Waals surface area contributed by atoms with Crippen LogP contribution in [0.3, 0.4) is 0 Å². The fourth-order valence-electron chi connectivity index (χ4n) is 4.23. The molecule has 0 heterocycles. The Morgan fingerprint density at radius 2 is 1.56 bits per heavy atom. The van der Waals surface area contributed by atoms with E-state index < -0.39 is 36.3 Å². The van der Waals surface area contributed by atoms with Crippen molar-refractivity contribution in [1.29, 1.82) is 0 Å². The second-order valence-electron chi connectivity index (χ2n) is 11.6. The van der Waals surface area contributed by atoms with Crippen LogP contribution in [0, 0.1) is 19.8 Å². The molecule has 0 aliphatic heterocycles. The number of carbonyl (C=O) groups excluding carboxylic acids is 3. The SMILES string of the molecule is Cc1ccc(C(C(=O)Nc2ccccc2C)N(C(=O)C(CO)NC(=O)OC(C)(C)C)C(C)CCC(C)C)cc1. The molecule has 8 nitrogen and oxygen atoms in total. The Morgan fingerprint density at radius 1 is 0.949 bits per heavy atom. The van der Waals surface area contributed by atoms with Crippen LogP contribution in [0.2, 0.25) is 0 Å². The lowest BCUT2D eigenvalue weighted by Gasteiger charge is -2.38. The standard InChI is InChI=1S/C31H45N3O5/c1-20(2)13-16-23(5)34(29(37)26(19-35)33-30(38)39-31(6,7)8)27(24-17-14-21(3)15-18-24)28(36)32-25-12-10-9-11-22(25)4/h9-12,14-15,17-18,20,23,26-27,35H,13,16,19H2,1-8H3,(H,32,36)(H,33,38). The van der Waals surface area contributed by atoms with Gasteiger partial charge in [0.1, 0.15) is 17.7 Å². The maximum atomic E-state index is 14.1. The first-order valence-electron chi connectivity index (χ1n) is 13.6. The number of aliphatic hydroxyl groups is 1. The smallest absolute Gasteiger partial charge is 0.408 e. The lowest BCUT2D eigenvalue weighted by Crippen LogP contribution is -2.56. The number of aryl methyl sites for hydroxylation is 2. The van der Waals surface area contributed by atoms with Gasteiger partial charge in [-0.05, 0) is 77.5 Å². The van der Waals surface area contributed by atoms with E-state index in [1.807, 2.05) is 69.3 Å². The van der Waals surface area contributed by atoms with E-state index in [2.05, 4.69) is 24.5 Å². The van der Waals surface area contributed by atoms with E-state index in [4.69, 9.17) is 4.74 Å². The Morgan fingerprint density at radius 3 is 2.10 bits per heavy atom. The molecular weight excluding hydrogens is 494 g/mol. The van der Waals surface area contributed by atoms with Gasteiger partial charge in [-0.1, -0.05) is 61.9 Å². The third-order valence-corrected chi connectivity index (χ3v) is 6.39. The molecular formula is C31H45N3O5. The second-order valence-corrected chi connectivity index (χ2v) is 11.6. The Labute approximate surface area is 233 Å². The summed E-state index contributed by atoms with van der Waals surface area (Å²) in [6.45, 7) is 14.4. The van der Waals surface area contributed by atoms with E-state index in [9.17, 15) is 19.5 Å². The van der Waals surface area contributed by atoms with Gasteiger partial charge >= 0.3 is 6.09 Å². The molecule has 0 radical (unpaired) electrons. The van der Waals surface area contributed by atoms with E-state index in [0.29, 0.717) is 23.6 Å². The van der Waals surface area contributed by atoms with Gasteiger partial charge in [-0.3, -0.25) is 9.59 Å². The van der Waals surface area contributed by atoms with Crippen molar-refractivity contribution in [3.63, 3.8) is 0 Å². The zero-order chi connectivity index (χ0) is 29.3. The molecule has 0 aromatic heterocycles. The molecule has 3 N–H and O–H groups in total. The first-order valence-corrected chi connectivity index (χ1v) is 13.6. The van der Waals surface area contributed by atoms with E-state index in [1.54, 1.807) is 20.8 Å². The van der Waals surface area contributed by atoms with Gasteiger partial charge in [0, 0.05) is 11.7 Å². The Hall–Kier alpha value is -3.39. The maximum absolute atomic E-state index is 14.1. The summed E-state index contributed by atoms with van der Waals surface area (Å²) in [7, 11) is 0. The molecule has 3 unspecified atom stereocenters. The number of hydrogen-bond acceptors (Lipinski definition) is 5. The van der Waals surface area contributed by atoms with Gasteiger partial charge in [0.25, 0.3) is 5.91 Å². The first-order chi connectivity index (χ1) is 18.2. The van der Waals surface area contributed by atoms with Gasteiger partial charge in [0.05, 0.1) is 6.61 Å². The van der Waals surface area contributed by atoms with Gasteiger partial charge < -0.3 is 25.4 Å². The summed E-state index contributed by atoms with van der Waals surface area (Å²) in [5.41, 5.74) is 2.40. The highest BCUT2D eigenvalue weighted by Gasteiger charge is 2.39. The predicted octanol–water partition coefficient (Wildman–Crippen LogP) is 5.52. The molecule has 39 heavy (non-hydrogen) atoms. The van der Waals surface area contributed by atoms with Crippen LogP contribution < -0.4 is 10.6 Å². The molecule has 0 saturated carbocycles. The van der Waals surface area contributed by atoms with Gasteiger partial charge in [-0.15, -0.1) is 0 Å². The number of para-hydroxylation sites is 1. The molecule has 0 fully saturated rings. The highest BCUT2D eigenvalue weighted by Crippen LogP contribution is 2.29. The van der Waals surface area contributed by atoms with Crippen LogP contribution in [0.5, 0.6) is 0 Å². The van der Waals surface area contributed by atoms with Crippen LogP contribution in [-0.4, -0.2) is 52.2 Å². The van der Waals surface area contributed by atoms with Crippen molar-refractivity contribution in [1.82, 2.24) is 10.2 Å². The van der Waals surface area contributed by atoms with Crippen molar-refractivity contribution >= 4 is 23.6 Å². The predicted molar refractivity (Wildman–Crippen MR) is 154 cm³/mol. The van der Waals surface area contributed by atoms with E-state index in [-0.39, 0.29) is 11.9 Å². The van der Waals surface area contributed by atoms with Crippen LogP contribution in [0.25, 0.3) is 0 Å². The van der Waals surface area contributed by atoms with Crippen LogP contribution in [0.15, 0.2) is 48.5 Å². The number of aliphatic hydroxyl groups excluding tert-OH is 1. The molecule has 2 aromatic rings. The van der Waals surface area contributed by atoms with E-state index in [0.717, 1.165) is 17.5 Å². The summed E-state index contributed by atoms with van der Waals surface area (Å²) in [5.74, 6) is -0.562. The summed E-state index contributed by atoms with van der Waals surface area (Å²) in [6.07, 6.45) is 0.642. The second kappa shape index (κ2) is 14.1. The quantitative estimate of drug-likeness (QED) is 0.348. The molecule has 0 saturated heterocycles. The number of rotatable bonds is 11. The molecule has 2 rings (SSSR count). The minimum Gasteiger partial charge on any atom is -0.444 e. The Bertz CT molecular complexity index is 1110. The molecule has 0 aliphatic carbocycles. The number of benzene rings is 2. The normalized spacial score (nSPS) is 13.8. The number of nitrogens with zero attached hydrogens (tertiary/aromatic N) is 1. The molecule has 0 spiro atoms. The van der Waals surface area contributed by atoms with E-state index in [1.165, 1.54) is 4.90 Å². The molecule has 214 valence electrons. The first kappa shape index (κ1) is 31.8. The van der Waals surface area contributed by atoms with Gasteiger partial charge in [0.2, 0.25) is 5.91 Å². The van der Waals surface area contributed by atoms with Crippen LogP contribution in [0.4, 0.5) is 10.5 Å². The van der Waals surface area contributed by atoms with Crippen molar-refractivity contribution in [2.75, 3.05) is 11.9 Å². The summed E-state index contributed by atoms with van der Waals surface area (Å²) < 4.78 is 5.33. The molecule has 0 aliphatic rings. The minimum absolute atomic E-state index is 0.372. The van der Waals surface area contributed by atoms with Crippen molar-refractivity contribution in [3.8, 4) is 0 Å². The lowest BCUT2D eigenvalue weighted by atomic mass is 9.96. The number of ether oxygens (including phenoxy) is 1. The molecule has 0 bridgehead atoms. The molecule has 3 atom stereocenters. The van der Waals surface area contributed by atoms with E-state index >= 15 is 0 Å². The number of carbonyl (C=O) groups is 3. The minimum atomic E-state index is -1.29. The van der Waals surface area contributed by atoms with Gasteiger partial charge in [-0.2, -0.15) is 0 Å². The summed E-state index contributed by atoms with van der Waals surface area (Å²) >= 11 is 0. The van der Waals surface area contributed by atoms with Gasteiger partial charge in [0.15, 0.2) is 0 Å². The highest BCUT2D eigenvalue weighted by molar-refractivity contribution is 5.99. The largest absolute Gasteiger partial charge is 0.444 e. The zero-order valence-electron chi connectivity index (χ0n) is 24.6. The van der Waals surface area contributed by atoms with Crippen molar-refractivity contribution < 1.29 is 24.2 Å². The number of alkyl carbamates (subject to hydrolysis) is 1. The zero-order valence-corrected chi connectivity index (χ0v) is 24.6. The summed E-state index contributed by atoms with van der Waals surface area (Å²) in [4.78, 5) is 42.1. The number of anilines is 1. The Kier molecular flexibility index (Phi) is 11.5. The average molecular weight is 540 g/mol. The lowest BCUT2D eigenvalue weighted by molar-refractivity contribution is -0.144. The highest BCUT2D eigenvalue weighted by atomic mass is 16.6.